The number of hydrogen-bond donors (Lipinski definition) is 6. The van der Waals surface area contributed by atoms with Crippen LogP contribution >= 0.6 is 0 Å². The summed E-state index contributed by atoms with van der Waals surface area (Å²) in [6.45, 7) is 3.79. The summed E-state index contributed by atoms with van der Waals surface area (Å²) in [7, 11) is 0. The van der Waals surface area contributed by atoms with E-state index in [2.05, 4.69) is 55.6 Å². The van der Waals surface area contributed by atoms with Crippen molar-refractivity contribution in [3.05, 3.63) is 48.6 Å². The van der Waals surface area contributed by atoms with E-state index in [1.54, 1.807) is 6.08 Å². The summed E-state index contributed by atoms with van der Waals surface area (Å²) >= 11 is 0. The van der Waals surface area contributed by atoms with Crippen LogP contribution in [0.25, 0.3) is 0 Å². The van der Waals surface area contributed by atoms with Crippen molar-refractivity contribution < 1.29 is 39.8 Å². The monoisotopic (exact) mass is 1070 g/mol. The lowest BCUT2D eigenvalue weighted by atomic mass is 9.99. The van der Waals surface area contributed by atoms with E-state index in [1.807, 2.05) is 6.08 Å². The summed E-state index contributed by atoms with van der Waals surface area (Å²) in [4.78, 5) is 13.1. The van der Waals surface area contributed by atoms with Crippen LogP contribution < -0.4 is 5.32 Å². The summed E-state index contributed by atoms with van der Waals surface area (Å²) in [6.07, 6.45) is 69.2. The molecule has 1 aliphatic rings. The third-order valence-corrected chi connectivity index (χ3v) is 15.6. The van der Waals surface area contributed by atoms with Crippen molar-refractivity contribution in [1.82, 2.24) is 5.32 Å². The van der Waals surface area contributed by atoms with Gasteiger partial charge in [-0.3, -0.25) is 4.79 Å². The second-order valence-corrected chi connectivity index (χ2v) is 22.9. The molecule has 1 saturated heterocycles. The van der Waals surface area contributed by atoms with Crippen LogP contribution in [0.1, 0.15) is 316 Å². The quantitative estimate of drug-likeness (QED) is 0.0261. The van der Waals surface area contributed by atoms with E-state index in [9.17, 15) is 30.3 Å². The fourth-order valence-electron chi connectivity index (χ4n) is 10.4. The molecule has 0 bridgehead atoms. The van der Waals surface area contributed by atoms with Crippen LogP contribution in [0.2, 0.25) is 0 Å². The van der Waals surface area contributed by atoms with Gasteiger partial charge < -0.3 is 40.3 Å². The van der Waals surface area contributed by atoms with Crippen LogP contribution in [0.5, 0.6) is 0 Å². The first kappa shape index (κ1) is 72.2. The highest BCUT2D eigenvalue weighted by atomic mass is 16.7. The van der Waals surface area contributed by atoms with E-state index in [-0.39, 0.29) is 12.5 Å². The lowest BCUT2D eigenvalue weighted by molar-refractivity contribution is -0.302. The van der Waals surface area contributed by atoms with Gasteiger partial charge in [0.25, 0.3) is 0 Å². The summed E-state index contributed by atoms with van der Waals surface area (Å²) in [6, 6.07) is -0.824. The molecular formula is C67H125NO8. The van der Waals surface area contributed by atoms with Crippen LogP contribution in [0, 0.1) is 0 Å². The minimum absolute atomic E-state index is 0.184. The first-order valence-corrected chi connectivity index (χ1v) is 32.9. The summed E-state index contributed by atoms with van der Waals surface area (Å²) in [5, 5.41) is 54.7. The zero-order valence-corrected chi connectivity index (χ0v) is 49.8. The van der Waals surface area contributed by atoms with Gasteiger partial charge in [0.2, 0.25) is 5.91 Å². The van der Waals surface area contributed by atoms with Crippen LogP contribution in [0.3, 0.4) is 0 Å². The number of aliphatic hydroxyl groups excluding tert-OH is 5. The van der Waals surface area contributed by atoms with E-state index >= 15 is 0 Å². The van der Waals surface area contributed by atoms with Crippen LogP contribution in [0.15, 0.2) is 48.6 Å². The van der Waals surface area contributed by atoms with Crippen LogP contribution in [0.4, 0.5) is 0 Å². The van der Waals surface area contributed by atoms with Gasteiger partial charge in [-0.1, -0.05) is 294 Å². The molecule has 1 aliphatic heterocycles. The Bertz CT molecular complexity index is 1340. The number of unbranched alkanes of at least 4 members (excludes halogenated alkanes) is 41. The molecule has 76 heavy (non-hydrogen) atoms. The Balaban J connectivity index is 2.19. The van der Waals surface area contributed by atoms with Crippen molar-refractivity contribution in [2.75, 3.05) is 13.2 Å². The Morgan fingerprint density at radius 2 is 0.789 bits per heavy atom. The van der Waals surface area contributed by atoms with Gasteiger partial charge in [0.1, 0.15) is 24.4 Å². The third-order valence-electron chi connectivity index (χ3n) is 15.6. The van der Waals surface area contributed by atoms with Crippen LogP contribution in [-0.2, 0) is 14.3 Å². The van der Waals surface area contributed by atoms with E-state index in [4.69, 9.17) is 9.47 Å². The number of carbonyl (C=O) groups excluding carboxylic acids is 1. The highest BCUT2D eigenvalue weighted by Gasteiger charge is 2.44. The molecule has 9 nitrogen and oxygen atoms in total. The molecule has 0 aromatic carbocycles. The fraction of sp³-hybridized carbons (Fsp3) is 0.866. The molecule has 7 atom stereocenters. The van der Waals surface area contributed by atoms with E-state index in [1.165, 1.54) is 250 Å². The molecule has 9 heteroatoms. The number of ether oxygens (including phenoxy) is 2. The lowest BCUT2D eigenvalue weighted by Gasteiger charge is -2.40. The Kier molecular flexibility index (Phi) is 53.6. The van der Waals surface area contributed by atoms with Gasteiger partial charge >= 0.3 is 0 Å². The third kappa shape index (κ3) is 44.9. The van der Waals surface area contributed by atoms with Crippen molar-refractivity contribution in [2.24, 2.45) is 0 Å². The molecule has 0 aliphatic carbocycles. The second kappa shape index (κ2) is 56.4. The minimum Gasteiger partial charge on any atom is -0.394 e. The molecule has 0 aromatic rings. The van der Waals surface area contributed by atoms with E-state index in [0.717, 1.165) is 44.9 Å². The molecule has 1 amide bonds. The topological polar surface area (TPSA) is 149 Å². The maximum absolute atomic E-state index is 13.1. The van der Waals surface area contributed by atoms with Crippen molar-refractivity contribution in [3.63, 3.8) is 0 Å². The van der Waals surface area contributed by atoms with Gasteiger partial charge in [-0.05, 0) is 64.2 Å². The largest absolute Gasteiger partial charge is 0.394 e. The molecule has 0 radical (unpaired) electrons. The number of allylic oxidation sites excluding steroid dienone is 7. The smallest absolute Gasteiger partial charge is 0.220 e. The Morgan fingerprint density at radius 1 is 0.447 bits per heavy atom. The standard InChI is InChI=1S/C67H125NO8/c1-3-5-7-9-11-13-15-17-19-21-23-25-27-29-30-31-33-34-36-38-40-42-44-46-48-50-52-54-56-61(70)60(59-75-67-66(74)65(73)64(72)62(58-69)76-67)68-63(71)57-55-53-51-49-47-45-43-41-39-37-35-32-28-26-24-22-20-18-16-14-12-10-8-6-4-2/h16,18,22,24,46,48,54,56,60-62,64-67,69-70,72-74H,3-15,17,19-21,23,25-45,47,49-53,55,57-59H2,1-2H3,(H,68,71)/b18-16-,24-22-,48-46+,56-54+. The number of carbonyl (C=O) groups is 1. The zero-order valence-electron chi connectivity index (χ0n) is 49.8. The SMILES string of the molecule is CCCCCCC/C=C\C/C=C\CCCCCCCCCCCCCCCC(=O)NC(COC1OC(CO)C(O)C(O)C1O)C(O)/C=C/CC/C=C/CCCCCCCCCCCCCCCCCCCCCCCC. The normalized spacial score (nSPS) is 19.1. The highest BCUT2D eigenvalue weighted by Crippen LogP contribution is 2.23. The first-order valence-electron chi connectivity index (χ1n) is 32.9. The first-order chi connectivity index (χ1) is 37.3. The Morgan fingerprint density at radius 3 is 1.18 bits per heavy atom. The van der Waals surface area contributed by atoms with Gasteiger partial charge in [-0.15, -0.1) is 0 Å². The molecule has 446 valence electrons. The number of rotatable bonds is 57. The number of aliphatic hydroxyl groups is 5. The minimum atomic E-state index is -1.57. The van der Waals surface area contributed by atoms with Gasteiger partial charge in [-0.2, -0.15) is 0 Å². The summed E-state index contributed by atoms with van der Waals surface area (Å²) in [5.41, 5.74) is 0. The predicted octanol–water partition coefficient (Wildman–Crippen LogP) is 17.2. The van der Waals surface area contributed by atoms with Gasteiger partial charge in [0.15, 0.2) is 6.29 Å². The van der Waals surface area contributed by atoms with E-state index < -0.39 is 49.5 Å². The summed E-state index contributed by atoms with van der Waals surface area (Å²) in [5.74, 6) is -0.184. The summed E-state index contributed by atoms with van der Waals surface area (Å²) < 4.78 is 11.3. The second-order valence-electron chi connectivity index (χ2n) is 22.9. The van der Waals surface area contributed by atoms with Crippen molar-refractivity contribution in [3.8, 4) is 0 Å². The molecule has 7 unspecified atom stereocenters. The average molecular weight is 1070 g/mol. The lowest BCUT2D eigenvalue weighted by Crippen LogP contribution is -2.60. The molecule has 6 N–H and O–H groups in total. The molecular weight excluding hydrogens is 947 g/mol. The van der Waals surface area contributed by atoms with Crippen molar-refractivity contribution in [1.29, 1.82) is 0 Å². The number of hydrogen-bond acceptors (Lipinski definition) is 8. The molecule has 1 rings (SSSR count). The average Bonchev–Trinajstić information content (AvgIpc) is 3.42. The maximum Gasteiger partial charge on any atom is 0.220 e. The van der Waals surface area contributed by atoms with Gasteiger partial charge in [0.05, 0.1) is 25.4 Å². The van der Waals surface area contributed by atoms with Crippen LogP contribution in [-0.4, -0.2) is 87.5 Å². The Labute approximate surface area is 469 Å². The number of nitrogens with one attached hydrogen (secondary N) is 1. The molecule has 0 spiro atoms. The van der Waals surface area contributed by atoms with E-state index in [0.29, 0.717) is 6.42 Å². The number of amides is 1. The molecule has 0 aromatic heterocycles. The van der Waals surface area contributed by atoms with Gasteiger partial charge in [-0.25, -0.2) is 0 Å². The van der Waals surface area contributed by atoms with Crippen molar-refractivity contribution in [2.45, 2.75) is 358 Å². The molecule has 0 saturated carbocycles. The zero-order chi connectivity index (χ0) is 55.0. The molecule has 1 heterocycles. The predicted molar refractivity (Wildman–Crippen MR) is 323 cm³/mol. The Hall–Kier alpha value is -1.85. The van der Waals surface area contributed by atoms with Gasteiger partial charge in [0, 0.05) is 6.42 Å². The maximum atomic E-state index is 13.1. The highest BCUT2D eigenvalue weighted by molar-refractivity contribution is 5.76. The van der Waals surface area contributed by atoms with Crippen molar-refractivity contribution >= 4 is 5.91 Å². The molecule has 1 fully saturated rings. The fourth-order valence-corrected chi connectivity index (χ4v) is 10.4.